The molecule has 1 aliphatic heterocycles. The third kappa shape index (κ3) is 5.59. The number of thiazole rings is 1. The Labute approximate surface area is 276 Å². The van der Waals surface area contributed by atoms with Crippen molar-refractivity contribution in [2.24, 2.45) is 4.99 Å². The van der Waals surface area contributed by atoms with Gasteiger partial charge in [0.05, 0.1) is 39.8 Å². The van der Waals surface area contributed by atoms with Gasteiger partial charge in [0.2, 0.25) is 0 Å². The maximum absolute atomic E-state index is 14.5. The second-order valence-corrected chi connectivity index (χ2v) is 12.5. The molecule has 0 spiro atoms. The van der Waals surface area contributed by atoms with Crippen molar-refractivity contribution in [3.63, 3.8) is 0 Å². The van der Waals surface area contributed by atoms with Gasteiger partial charge in [0, 0.05) is 11.3 Å². The molecule has 232 valence electrons. The first-order valence-electron chi connectivity index (χ1n) is 15.6. The second kappa shape index (κ2) is 12.7. The minimum absolute atomic E-state index is 0.207. The van der Waals surface area contributed by atoms with Crippen molar-refractivity contribution in [2.75, 3.05) is 6.61 Å². The largest absolute Gasteiger partial charge is 0.463 e. The Morgan fingerprint density at radius 2 is 1.47 bits per heavy atom. The molecule has 0 aliphatic carbocycles. The van der Waals surface area contributed by atoms with E-state index >= 15 is 0 Å². The summed E-state index contributed by atoms with van der Waals surface area (Å²) in [7, 11) is 0. The van der Waals surface area contributed by atoms with Crippen LogP contribution in [0.2, 0.25) is 0 Å². The third-order valence-electron chi connectivity index (χ3n) is 8.36. The summed E-state index contributed by atoms with van der Waals surface area (Å²) in [5.41, 5.74) is 8.61. The van der Waals surface area contributed by atoms with Gasteiger partial charge in [-0.3, -0.25) is 9.36 Å². The molecule has 0 saturated carbocycles. The van der Waals surface area contributed by atoms with Crippen LogP contribution in [0.5, 0.6) is 0 Å². The lowest BCUT2D eigenvalue weighted by molar-refractivity contribution is -0.139. The monoisotopic (exact) mass is 635 g/mol. The summed E-state index contributed by atoms with van der Waals surface area (Å²) in [4.78, 5) is 33.1. The molecule has 6 nitrogen and oxygen atoms in total. The molecule has 7 rings (SSSR count). The van der Waals surface area contributed by atoms with Gasteiger partial charge in [-0.2, -0.15) is 0 Å². The van der Waals surface area contributed by atoms with Crippen LogP contribution in [0.25, 0.3) is 34.3 Å². The van der Waals surface area contributed by atoms with Crippen molar-refractivity contribution in [1.29, 1.82) is 0 Å². The molecule has 0 amide bonds. The highest BCUT2D eigenvalue weighted by Gasteiger charge is 2.33. The molecule has 3 heterocycles. The molecule has 6 aromatic rings. The topological polar surface area (TPSA) is 65.6 Å². The summed E-state index contributed by atoms with van der Waals surface area (Å²) >= 11 is 1.33. The van der Waals surface area contributed by atoms with Gasteiger partial charge in [-0.05, 0) is 61.7 Å². The van der Waals surface area contributed by atoms with Gasteiger partial charge in [0.1, 0.15) is 0 Å². The van der Waals surface area contributed by atoms with Crippen LogP contribution in [0.15, 0.2) is 142 Å². The summed E-state index contributed by atoms with van der Waals surface area (Å²) < 4.78 is 9.90. The number of hydrogen-bond acceptors (Lipinski definition) is 5. The number of fused-ring (bicyclic) bond motifs is 1. The molecule has 7 heteroatoms. The Morgan fingerprint density at radius 1 is 0.851 bits per heavy atom. The Morgan fingerprint density at radius 3 is 2.11 bits per heavy atom. The van der Waals surface area contributed by atoms with E-state index in [9.17, 15) is 9.59 Å². The molecule has 0 radical (unpaired) electrons. The third-order valence-corrected chi connectivity index (χ3v) is 9.34. The first kappa shape index (κ1) is 30.1. The zero-order valence-electron chi connectivity index (χ0n) is 26.4. The predicted molar refractivity (Wildman–Crippen MR) is 188 cm³/mol. The van der Waals surface area contributed by atoms with E-state index in [1.165, 1.54) is 11.3 Å². The van der Waals surface area contributed by atoms with E-state index in [4.69, 9.17) is 9.73 Å². The van der Waals surface area contributed by atoms with Crippen LogP contribution in [0, 0.1) is 6.92 Å². The molecular formula is C40H33N3O3S. The first-order valence-corrected chi connectivity index (χ1v) is 16.4. The van der Waals surface area contributed by atoms with Gasteiger partial charge < -0.3 is 9.30 Å². The number of carbonyl (C=O) groups excluding carboxylic acids is 1. The van der Waals surface area contributed by atoms with Gasteiger partial charge >= 0.3 is 5.97 Å². The number of benzene rings is 4. The van der Waals surface area contributed by atoms with E-state index in [-0.39, 0.29) is 12.2 Å². The Hall–Kier alpha value is -5.53. The summed E-state index contributed by atoms with van der Waals surface area (Å²) in [6.45, 7) is 5.83. The minimum atomic E-state index is -0.657. The quantitative estimate of drug-likeness (QED) is 0.174. The number of aryl methyl sites for hydroxylation is 1. The average Bonchev–Trinajstić information content (AvgIpc) is 3.62. The first-order chi connectivity index (χ1) is 22.9. The van der Waals surface area contributed by atoms with Gasteiger partial charge in [-0.1, -0.05) is 120 Å². The number of carbonyl (C=O) groups is 1. The number of ether oxygens (including phenoxy) is 1. The van der Waals surface area contributed by atoms with Crippen LogP contribution in [-0.4, -0.2) is 21.7 Å². The molecule has 1 aliphatic rings. The summed E-state index contributed by atoms with van der Waals surface area (Å²) in [6, 6.07) is 40.2. The molecule has 0 saturated heterocycles. The van der Waals surface area contributed by atoms with Crippen molar-refractivity contribution in [1.82, 2.24) is 9.13 Å². The smallest absolute Gasteiger partial charge is 0.338 e. The molecule has 0 unspecified atom stereocenters. The van der Waals surface area contributed by atoms with Crippen molar-refractivity contribution in [3.05, 3.63) is 169 Å². The zero-order valence-corrected chi connectivity index (χ0v) is 27.2. The number of rotatable bonds is 7. The van der Waals surface area contributed by atoms with Crippen LogP contribution < -0.4 is 14.9 Å². The van der Waals surface area contributed by atoms with E-state index in [0.717, 1.165) is 44.9 Å². The summed E-state index contributed by atoms with van der Waals surface area (Å²) in [6.07, 6.45) is 1.97. The van der Waals surface area contributed by atoms with Crippen molar-refractivity contribution in [3.8, 4) is 28.2 Å². The van der Waals surface area contributed by atoms with E-state index in [1.54, 1.807) is 11.5 Å². The normalized spacial score (nSPS) is 14.5. The second-order valence-electron chi connectivity index (χ2n) is 11.4. The zero-order chi connectivity index (χ0) is 32.5. The van der Waals surface area contributed by atoms with Crippen molar-refractivity contribution in [2.45, 2.75) is 26.8 Å². The highest BCUT2D eigenvalue weighted by Crippen LogP contribution is 2.37. The van der Waals surface area contributed by atoms with Crippen molar-refractivity contribution < 1.29 is 9.53 Å². The fourth-order valence-electron chi connectivity index (χ4n) is 6.20. The number of para-hydroxylation sites is 1. The van der Waals surface area contributed by atoms with E-state index in [1.807, 2.05) is 98.8 Å². The fourth-order valence-corrected chi connectivity index (χ4v) is 7.23. The average molecular weight is 636 g/mol. The number of nitrogens with zero attached hydrogens (tertiary/aromatic N) is 3. The lowest BCUT2D eigenvalue weighted by Crippen LogP contribution is -2.39. The van der Waals surface area contributed by atoms with E-state index in [0.29, 0.717) is 20.6 Å². The SMILES string of the molecule is CCOC(=O)C1=C(C)N=c2s/c(=C\c3cc(-c4ccccc4)n(-c4ccccc4)c3-c3ccccc3)c(=O)n2[C@@H]1c1ccc(C)cc1. The van der Waals surface area contributed by atoms with Crippen LogP contribution in [0.3, 0.4) is 0 Å². The molecule has 1 atom stereocenters. The molecule has 0 bridgehead atoms. The lowest BCUT2D eigenvalue weighted by atomic mass is 9.95. The molecule has 2 aromatic heterocycles. The Bertz CT molecular complexity index is 2300. The maximum atomic E-state index is 14.5. The highest BCUT2D eigenvalue weighted by atomic mass is 32.1. The highest BCUT2D eigenvalue weighted by molar-refractivity contribution is 7.07. The molecule has 47 heavy (non-hydrogen) atoms. The van der Waals surface area contributed by atoms with Crippen LogP contribution >= 0.6 is 11.3 Å². The summed E-state index contributed by atoms with van der Waals surface area (Å²) in [5, 5.41) is 0. The van der Waals surface area contributed by atoms with Crippen LogP contribution in [-0.2, 0) is 9.53 Å². The number of allylic oxidation sites excluding steroid dienone is 1. The lowest BCUT2D eigenvalue weighted by Gasteiger charge is -2.24. The van der Waals surface area contributed by atoms with Gasteiger partial charge in [0.25, 0.3) is 5.56 Å². The Balaban J connectivity index is 1.50. The number of esters is 1. The van der Waals surface area contributed by atoms with Gasteiger partial charge in [0.15, 0.2) is 4.80 Å². The van der Waals surface area contributed by atoms with E-state index in [2.05, 4.69) is 47.0 Å². The molecule has 0 N–H and O–H groups in total. The molecule has 4 aromatic carbocycles. The maximum Gasteiger partial charge on any atom is 0.338 e. The number of aromatic nitrogens is 2. The number of hydrogen-bond donors (Lipinski definition) is 0. The van der Waals surface area contributed by atoms with Crippen LogP contribution in [0.4, 0.5) is 0 Å². The van der Waals surface area contributed by atoms with Crippen molar-refractivity contribution >= 4 is 23.4 Å². The molecule has 0 fully saturated rings. The standard InChI is InChI=1S/C40H33N3O3S/c1-4-46-39(45)35-27(3)41-40-43(37(35)30-22-20-26(2)21-23-30)38(44)34(47-40)25-31-24-33(28-14-8-5-9-15-28)42(32-18-12-7-13-19-32)36(31)29-16-10-6-11-17-29/h5-25,37H,4H2,1-3H3/b34-25-/t37-/m1/s1. The predicted octanol–water partition coefficient (Wildman–Crippen LogP) is 7.23. The van der Waals surface area contributed by atoms with Crippen LogP contribution in [0.1, 0.15) is 36.6 Å². The summed E-state index contributed by atoms with van der Waals surface area (Å²) in [5.74, 6) is -0.465. The van der Waals surface area contributed by atoms with Gasteiger partial charge in [-0.25, -0.2) is 9.79 Å². The fraction of sp³-hybridized carbons (Fsp3) is 0.125. The van der Waals surface area contributed by atoms with E-state index < -0.39 is 12.0 Å². The Kier molecular flexibility index (Phi) is 8.14. The molecular weight excluding hydrogens is 603 g/mol. The minimum Gasteiger partial charge on any atom is -0.463 e. The van der Waals surface area contributed by atoms with Gasteiger partial charge in [-0.15, -0.1) is 0 Å².